The van der Waals surface area contributed by atoms with Gasteiger partial charge in [-0.3, -0.25) is 5.43 Å². The highest BCUT2D eigenvalue weighted by atomic mass is 35.5. The minimum Gasteiger partial charge on any atom is -0.488 e. The summed E-state index contributed by atoms with van der Waals surface area (Å²) in [6.45, 7) is 2.31. The van der Waals surface area contributed by atoms with Crippen LogP contribution in [0.5, 0.6) is 5.75 Å². The number of hydrogen-bond donors (Lipinski definition) is 2. The minimum atomic E-state index is -0.262. The summed E-state index contributed by atoms with van der Waals surface area (Å²) in [7, 11) is 0. The van der Waals surface area contributed by atoms with Crippen molar-refractivity contribution in [2.24, 2.45) is 0 Å². The van der Waals surface area contributed by atoms with Gasteiger partial charge in [0.05, 0.1) is 0 Å². The lowest BCUT2D eigenvalue weighted by molar-refractivity contribution is 0.122. The summed E-state index contributed by atoms with van der Waals surface area (Å²) in [5.41, 5.74) is 6.52. The fourth-order valence-electron chi connectivity index (χ4n) is 1.34. The molecule has 6 heteroatoms. The van der Waals surface area contributed by atoms with E-state index in [9.17, 15) is 0 Å². The molecule has 1 unspecified atom stereocenters. The Morgan fingerprint density at radius 2 is 2.38 bits per heavy atom. The van der Waals surface area contributed by atoms with Crippen molar-refractivity contribution in [1.29, 1.82) is 0 Å². The first kappa shape index (κ1) is 11.4. The lowest BCUT2D eigenvalue weighted by atomic mass is 10.2. The molecule has 0 saturated carbocycles. The third-order valence-electron chi connectivity index (χ3n) is 2.11. The van der Waals surface area contributed by atoms with Crippen molar-refractivity contribution in [2.75, 3.05) is 6.61 Å². The van der Waals surface area contributed by atoms with E-state index in [1.54, 1.807) is 6.07 Å². The Morgan fingerprint density at radius 1 is 1.56 bits per heavy atom. The van der Waals surface area contributed by atoms with Gasteiger partial charge >= 0.3 is 0 Å². The predicted octanol–water partition coefficient (Wildman–Crippen LogP) is 1.76. The van der Waals surface area contributed by atoms with Crippen LogP contribution in [0.25, 0.3) is 0 Å². The monoisotopic (exact) mass is 258 g/mol. The summed E-state index contributed by atoms with van der Waals surface area (Å²) < 4.78 is 10.8. The maximum atomic E-state index is 5.84. The van der Waals surface area contributed by atoms with Crippen LogP contribution in [0.3, 0.4) is 0 Å². The lowest BCUT2D eigenvalue weighted by Gasteiger charge is -2.12. The molecule has 0 bridgehead atoms. The zero-order chi connectivity index (χ0) is 11.5. The Hall–Kier alpha value is -1.04. The van der Waals surface area contributed by atoms with Crippen LogP contribution in [-0.2, 0) is 4.74 Å². The van der Waals surface area contributed by atoms with Gasteiger partial charge in [-0.05, 0) is 42.9 Å². The van der Waals surface area contributed by atoms with Crippen LogP contribution in [0.4, 0.5) is 0 Å². The van der Waals surface area contributed by atoms with E-state index in [0.29, 0.717) is 16.8 Å². The second kappa shape index (κ2) is 4.86. The third-order valence-corrected chi connectivity index (χ3v) is 2.55. The molecule has 16 heavy (non-hydrogen) atoms. The first-order chi connectivity index (χ1) is 7.65. The molecule has 86 valence electrons. The van der Waals surface area contributed by atoms with E-state index in [1.165, 1.54) is 0 Å². The van der Waals surface area contributed by atoms with Crippen molar-refractivity contribution >= 4 is 29.0 Å². The topological polar surface area (TPSA) is 42.5 Å². The fraction of sp³-hybridized carbons (Fsp3) is 0.300. The number of aryl methyl sites for hydroxylation is 1. The van der Waals surface area contributed by atoms with Crippen LogP contribution in [0.2, 0.25) is 5.02 Å². The average molecular weight is 259 g/mol. The van der Waals surface area contributed by atoms with Crippen molar-refractivity contribution in [3.63, 3.8) is 0 Å². The first-order valence-electron chi connectivity index (χ1n) is 4.76. The predicted molar refractivity (Wildman–Crippen MR) is 65.4 cm³/mol. The Kier molecular flexibility index (Phi) is 3.48. The van der Waals surface area contributed by atoms with Gasteiger partial charge in [0, 0.05) is 5.02 Å². The SMILES string of the molecule is Cc1cc(Cl)ccc1OCC1NNC(=S)O1. The van der Waals surface area contributed by atoms with E-state index in [1.807, 2.05) is 19.1 Å². The molecule has 1 saturated heterocycles. The molecule has 0 radical (unpaired) electrons. The Bertz CT molecular complexity index is 414. The smallest absolute Gasteiger partial charge is 0.273 e. The molecule has 0 aromatic heterocycles. The number of benzene rings is 1. The van der Waals surface area contributed by atoms with E-state index in [-0.39, 0.29) is 6.23 Å². The average Bonchev–Trinajstić information content (AvgIpc) is 2.63. The number of hydrogen-bond acceptors (Lipinski definition) is 4. The van der Waals surface area contributed by atoms with E-state index in [0.717, 1.165) is 11.3 Å². The molecule has 0 spiro atoms. The van der Waals surface area contributed by atoms with Gasteiger partial charge in [0.2, 0.25) is 6.23 Å². The summed E-state index contributed by atoms with van der Waals surface area (Å²) in [6, 6.07) is 5.47. The third kappa shape index (κ3) is 2.75. The van der Waals surface area contributed by atoms with Gasteiger partial charge in [-0.15, -0.1) is 0 Å². The number of thiocarbonyl (C=S) groups is 1. The number of rotatable bonds is 3. The summed E-state index contributed by atoms with van der Waals surface area (Å²) in [5.74, 6) is 0.785. The molecule has 2 rings (SSSR count). The Labute approximate surface area is 104 Å². The molecule has 1 aromatic rings. The molecule has 2 N–H and O–H groups in total. The second-order valence-electron chi connectivity index (χ2n) is 3.38. The van der Waals surface area contributed by atoms with Gasteiger partial charge in [0.1, 0.15) is 12.4 Å². The van der Waals surface area contributed by atoms with Crippen LogP contribution in [0.1, 0.15) is 5.56 Å². The lowest BCUT2D eigenvalue weighted by Crippen LogP contribution is -2.35. The maximum absolute atomic E-state index is 5.84. The molecule has 4 nitrogen and oxygen atoms in total. The summed E-state index contributed by atoms with van der Waals surface area (Å²) >= 11 is 10.6. The number of hydrazine groups is 1. The van der Waals surface area contributed by atoms with Crippen LogP contribution < -0.4 is 15.6 Å². The maximum Gasteiger partial charge on any atom is 0.273 e. The molecule has 1 heterocycles. The number of halogens is 1. The summed E-state index contributed by atoms with van der Waals surface area (Å²) in [4.78, 5) is 0. The van der Waals surface area contributed by atoms with Gasteiger partial charge < -0.3 is 9.47 Å². The molecular formula is C10H11ClN2O2S. The second-order valence-corrected chi connectivity index (χ2v) is 4.19. The van der Waals surface area contributed by atoms with Crippen molar-refractivity contribution in [1.82, 2.24) is 10.9 Å². The van der Waals surface area contributed by atoms with Crippen LogP contribution in [0.15, 0.2) is 18.2 Å². The quantitative estimate of drug-likeness (QED) is 0.809. The molecule has 1 fully saturated rings. The van der Waals surface area contributed by atoms with Crippen molar-refractivity contribution < 1.29 is 9.47 Å². The van der Waals surface area contributed by atoms with Gasteiger partial charge in [-0.2, -0.15) is 5.43 Å². The zero-order valence-electron chi connectivity index (χ0n) is 8.62. The minimum absolute atomic E-state index is 0.262. The number of nitrogens with one attached hydrogen (secondary N) is 2. The summed E-state index contributed by atoms with van der Waals surface area (Å²) in [5, 5.41) is 1.03. The van der Waals surface area contributed by atoms with Gasteiger partial charge in [-0.1, -0.05) is 11.6 Å². The van der Waals surface area contributed by atoms with Gasteiger partial charge in [0.25, 0.3) is 5.17 Å². The number of ether oxygens (including phenoxy) is 2. The van der Waals surface area contributed by atoms with Crippen LogP contribution >= 0.6 is 23.8 Å². The van der Waals surface area contributed by atoms with Crippen molar-refractivity contribution in [2.45, 2.75) is 13.2 Å². The van der Waals surface area contributed by atoms with Crippen molar-refractivity contribution in [3.8, 4) is 5.75 Å². The van der Waals surface area contributed by atoms with E-state index in [4.69, 9.17) is 33.3 Å². The first-order valence-corrected chi connectivity index (χ1v) is 5.55. The highest BCUT2D eigenvalue weighted by molar-refractivity contribution is 7.80. The fourth-order valence-corrected chi connectivity index (χ4v) is 1.75. The standard InChI is InChI=1S/C10H11ClN2O2S/c1-6-4-7(11)2-3-8(6)14-5-9-12-13-10(16)15-9/h2-4,9,12H,5H2,1H3,(H,13,16). The summed E-state index contributed by atoms with van der Waals surface area (Å²) in [6.07, 6.45) is -0.262. The largest absolute Gasteiger partial charge is 0.488 e. The van der Waals surface area contributed by atoms with Crippen LogP contribution in [-0.4, -0.2) is 18.0 Å². The van der Waals surface area contributed by atoms with E-state index < -0.39 is 0 Å². The molecule has 0 amide bonds. The van der Waals surface area contributed by atoms with Crippen molar-refractivity contribution in [3.05, 3.63) is 28.8 Å². The molecule has 1 atom stereocenters. The van der Waals surface area contributed by atoms with Gasteiger partial charge in [-0.25, -0.2) is 0 Å². The molecule has 1 aliphatic heterocycles. The van der Waals surface area contributed by atoms with Gasteiger partial charge in [0.15, 0.2) is 0 Å². The zero-order valence-corrected chi connectivity index (χ0v) is 10.2. The van der Waals surface area contributed by atoms with Crippen LogP contribution in [0, 0.1) is 6.92 Å². The molecule has 1 aliphatic rings. The van der Waals surface area contributed by atoms with E-state index >= 15 is 0 Å². The Balaban J connectivity index is 1.92. The Morgan fingerprint density at radius 3 is 3.00 bits per heavy atom. The highest BCUT2D eigenvalue weighted by Gasteiger charge is 2.19. The molecular weight excluding hydrogens is 248 g/mol. The molecule has 1 aromatic carbocycles. The highest BCUT2D eigenvalue weighted by Crippen LogP contribution is 2.21. The van der Waals surface area contributed by atoms with E-state index in [2.05, 4.69) is 10.9 Å². The normalized spacial score (nSPS) is 19.1. The molecule has 0 aliphatic carbocycles.